The van der Waals surface area contributed by atoms with Gasteiger partial charge in [0.15, 0.2) is 15.8 Å². The Hall–Kier alpha value is -2.55. The number of amides is 2. The summed E-state index contributed by atoms with van der Waals surface area (Å²) in [5, 5.41) is 1.34. The lowest BCUT2D eigenvalue weighted by molar-refractivity contribution is -0.123. The number of ether oxygens (including phenoxy) is 2. The van der Waals surface area contributed by atoms with Gasteiger partial charge in [0.1, 0.15) is 0 Å². The largest absolute Gasteiger partial charge is 0.493 e. The molecule has 2 amide bonds. The molecule has 0 saturated carbocycles. The van der Waals surface area contributed by atoms with Gasteiger partial charge < -0.3 is 9.47 Å². The lowest BCUT2D eigenvalue weighted by atomic mass is 10.2. The Bertz CT molecular complexity index is 1040. The molecule has 2 aromatic carbocycles. The van der Waals surface area contributed by atoms with E-state index in [0.29, 0.717) is 23.0 Å². The minimum absolute atomic E-state index is 0.225. The third-order valence-corrected chi connectivity index (χ3v) is 6.00. The molecule has 0 aliphatic carbocycles. The zero-order valence-corrected chi connectivity index (χ0v) is 19.4. The molecule has 1 aliphatic rings. The van der Waals surface area contributed by atoms with E-state index in [1.807, 2.05) is 6.07 Å². The average Bonchev–Trinajstić information content (AvgIpc) is 3.02. The van der Waals surface area contributed by atoms with E-state index in [4.69, 9.17) is 33.3 Å². The molecule has 1 N–H and O–H groups in total. The molecule has 2 aromatic rings. The second kappa shape index (κ2) is 10.7. The summed E-state index contributed by atoms with van der Waals surface area (Å²) >= 11 is 12.4. The highest BCUT2D eigenvalue weighted by molar-refractivity contribution is 8.26. The second-order valence-electron chi connectivity index (χ2n) is 6.55. The average molecular weight is 477 g/mol. The van der Waals surface area contributed by atoms with E-state index in [-0.39, 0.29) is 14.9 Å². The molecule has 0 unspecified atom stereocenters. The molecule has 0 bridgehead atoms. The van der Waals surface area contributed by atoms with Crippen LogP contribution < -0.4 is 14.9 Å². The highest BCUT2D eigenvalue weighted by Crippen LogP contribution is 2.34. The van der Waals surface area contributed by atoms with Crippen LogP contribution in [0.2, 0.25) is 5.02 Å². The van der Waals surface area contributed by atoms with Gasteiger partial charge >= 0.3 is 0 Å². The van der Waals surface area contributed by atoms with Crippen LogP contribution >= 0.6 is 35.6 Å². The maximum Gasteiger partial charge on any atom is 0.285 e. The standard InChI is InChI=1S/C22H21ClN2O4S2/c1-3-4-11-29-17-10-9-14(12-18(17)28-2)13-19-21(27)25(22(30)31-19)24-20(26)15-7-5-6-8-16(15)23/h5-10,12-13H,3-4,11H2,1-2H3,(H,24,26)/b19-13-. The van der Waals surface area contributed by atoms with Gasteiger partial charge in [0, 0.05) is 0 Å². The van der Waals surface area contributed by atoms with E-state index in [1.54, 1.807) is 49.6 Å². The molecule has 0 aromatic heterocycles. The molecule has 9 heteroatoms. The molecular formula is C22H21ClN2O4S2. The first kappa shape index (κ1) is 23.1. The van der Waals surface area contributed by atoms with Gasteiger partial charge in [0.05, 0.1) is 29.2 Å². The summed E-state index contributed by atoms with van der Waals surface area (Å²) in [6.07, 6.45) is 3.68. The van der Waals surface area contributed by atoms with Gasteiger partial charge in [0.25, 0.3) is 11.8 Å². The van der Waals surface area contributed by atoms with E-state index in [0.717, 1.165) is 35.2 Å². The van der Waals surface area contributed by atoms with Crippen molar-refractivity contribution in [2.45, 2.75) is 19.8 Å². The fourth-order valence-electron chi connectivity index (χ4n) is 2.74. The number of carbonyl (C=O) groups excluding carboxylic acids is 2. The van der Waals surface area contributed by atoms with Crippen LogP contribution in [0.3, 0.4) is 0 Å². The summed E-state index contributed by atoms with van der Waals surface area (Å²) in [4.78, 5) is 25.7. The van der Waals surface area contributed by atoms with Crippen molar-refractivity contribution in [3.05, 3.63) is 63.5 Å². The molecule has 1 saturated heterocycles. The number of halogens is 1. The topological polar surface area (TPSA) is 67.9 Å². The van der Waals surface area contributed by atoms with Crippen molar-refractivity contribution in [2.24, 2.45) is 0 Å². The Labute approximate surface area is 195 Å². The highest BCUT2D eigenvalue weighted by atomic mass is 35.5. The lowest BCUT2D eigenvalue weighted by Crippen LogP contribution is -2.44. The fraction of sp³-hybridized carbons (Fsp3) is 0.227. The number of hydrazine groups is 1. The number of hydrogen-bond acceptors (Lipinski definition) is 6. The number of nitrogens with zero attached hydrogens (tertiary/aromatic N) is 1. The van der Waals surface area contributed by atoms with Crippen LogP contribution in [-0.4, -0.2) is 34.9 Å². The van der Waals surface area contributed by atoms with Gasteiger partial charge in [-0.2, -0.15) is 5.01 Å². The summed E-state index contributed by atoms with van der Waals surface area (Å²) in [5.74, 6) is 0.288. The van der Waals surface area contributed by atoms with Crippen LogP contribution in [0.5, 0.6) is 11.5 Å². The number of carbonyl (C=O) groups is 2. The minimum Gasteiger partial charge on any atom is -0.493 e. The van der Waals surface area contributed by atoms with Crippen LogP contribution in [0.25, 0.3) is 6.08 Å². The summed E-state index contributed by atoms with van der Waals surface area (Å²) < 4.78 is 11.4. The molecule has 1 fully saturated rings. The van der Waals surface area contributed by atoms with Crippen LogP contribution in [-0.2, 0) is 4.79 Å². The monoisotopic (exact) mass is 476 g/mol. The quantitative estimate of drug-likeness (QED) is 0.326. The van der Waals surface area contributed by atoms with E-state index >= 15 is 0 Å². The predicted molar refractivity (Wildman–Crippen MR) is 127 cm³/mol. The first-order valence-electron chi connectivity index (χ1n) is 9.59. The zero-order chi connectivity index (χ0) is 22.4. The van der Waals surface area contributed by atoms with Crippen LogP contribution in [0.1, 0.15) is 35.7 Å². The number of hydrogen-bond donors (Lipinski definition) is 1. The summed E-state index contributed by atoms with van der Waals surface area (Å²) in [6.45, 7) is 2.70. The fourth-order valence-corrected chi connectivity index (χ4v) is 4.14. The van der Waals surface area contributed by atoms with Crippen molar-refractivity contribution in [1.29, 1.82) is 0 Å². The lowest BCUT2D eigenvalue weighted by Gasteiger charge is -2.16. The summed E-state index contributed by atoms with van der Waals surface area (Å²) in [6, 6.07) is 12.0. The number of unbranched alkanes of at least 4 members (excludes halogenated alkanes) is 1. The van der Waals surface area contributed by atoms with Crippen LogP contribution in [0.15, 0.2) is 47.4 Å². The first-order chi connectivity index (χ1) is 14.9. The Morgan fingerprint density at radius 3 is 2.74 bits per heavy atom. The zero-order valence-electron chi connectivity index (χ0n) is 17.0. The first-order valence-corrected chi connectivity index (χ1v) is 11.2. The predicted octanol–water partition coefficient (Wildman–Crippen LogP) is 5.07. The van der Waals surface area contributed by atoms with Gasteiger partial charge in [0.2, 0.25) is 0 Å². The van der Waals surface area contributed by atoms with Crippen molar-refractivity contribution in [1.82, 2.24) is 10.4 Å². The molecule has 31 heavy (non-hydrogen) atoms. The van der Waals surface area contributed by atoms with Gasteiger partial charge in [-0.1, -0.05) is 54.9 Å². The van der Waals surface area contributed by atoms with Crippen molar-refractivity contribution in [2.75, 3.05) is 13.7 Å². The normalized spacial score (nSPS) is 14.8. The molecule has 0 spiro atoms. The van der Waals surface area contributed by atoms with Crippen molar-refractivity contribution < 1.29 is 19.1 Å². The number of rotatable bonds is 8. The SMILES string of the molecule is CCCCOc1ccc(/C=C2\SC(=S)N(NC(=O)c3ccccc3Cl)C2=O)cc1OC. The molecule has 6 nitrogen and oxygen atoms in total. The van der Waals surface area contributed by atoms with E-state index in [1.165, 1.54) is 0 Å². The Kier molecular flexibility index (Phi) is 7.95. The van der Waals surface area contributed by atoms with Crippen molar-refractivity contribution in [3.8, 4) is 11.5 Å². The maximum absolute atomic E-state index is 12.8. The molecule has 1 heterocycles. The van der Waals surface area contributed by atoms with E-state index in [9.17, 15) is 9.59 Å². The Morgan fingerprint density at radius 2 is 2.03 bits per heavy atom. The Morgan fingerprint density at radius 1 is 1.26 bits per heavy atom. The smallest absolute Gasteiger partial charge is 0.285 e. The Balaban J connectivity index is 1.75. The molecule has 1 aliphatic heterocycles. The number of thioether (sulfide) groups is 1. The third kappa shape index (κ3) is 5.58. The van der Waals surface area contributed by atoms with Crippen molar-refractivity contribution >= 4 is 57.8 Å². The van der Waals surface area contributed by atoms with E-state index < -0.39 is 11.8 Å². The number of benzene rings is 2. The number of methoxy groups -OCH3 is 1. The summed E-state index contributed by atoms with van der Waals surface area (Å²) in [7, 11) is 1.56. The minimum atomic E-state index is -0.515. The van der Waals surface area contributed by atoms with Gasteiger partial charge in [-0.3, -0.25) is 15.0 Å². The van der Waals surface area contributed by atoms with Crippen LogP contribution in [0, 0.1) is 0 Å². The molecule has 0 atom stereocenters. The van der Waals surface area contributed by atoms with Gasteiger partial charge in [-0.25, -0.2) is 0 Å². The van der Waals surface area contributed by atoms with Crippen LogP contribution in [0.4, 0.5) is 0 Å². The molecular weight excluding hydrogens is 456 g/mol. The number of thiocarbonyl (C=S) groups is 1. The molecule has 162 valence electrons. The highest BCUT2D eigenvalue weighted by Gasteiger charge is 2.34. The molecule has 3 rings (SSSR count). The summed E-state index contributed by atoms with van der Waals surface area (Å²) in [5.41, 5.74) is 3.53. The number of nitrogens with one attached hydrogen (secondary N) is 1. The van der Waals surface area contributed by atoms with Gasteiger partial charge in [-0.15, -0.1) is 0 Å². The van der Waals surface area contributed by atoms with Crippen molar-refractivity contribution in [3.63, 3.8) is 0 Å². The third-order valence-electron chi connectivity index (χ3n) is 4.37. The van der Waals surface area contributed by atoms with Gasteiger partial charge in [-0.05, 0) is 54.5 Å². The second-order valence-corrected chi connectivity index (χ2v) is 8.63. The maximum atomic E-state index is 12.8. The molecule has 0 radical (unpaired) electrons. The van der Waals surface area contributed by atoms with E-state index in [2.05, 4.69) is 12.3 Å².